The van der Waals surface area contributed by atoms with Crippen LogP contribution in [0.3, 0.4) is 0 Å². The highest BCUT2D eigenvalue weighted by Crippen LogP contribution is 1.78. The van der Waals surface area contributed by atoms with Crippen molar-refractivity contribution in [3.05, 3.63) is 0 Å². The van der Waals surface area contributed by atoms with Crippen LogP contribution < -0.4 is 16.8 Å². The fraction of sp³-hybridized carbons (Fsp3) is 0.600. The molecule has 0 saturated heterocycles. The molecule has 0 aromatic rings. The third kappa shape index (κ3) is 4.29. The summed E-state index contributed by atoms with van der Waals surface area (Å²) >= 11 is 0. The number of carbonyl (C=O) groups is 2. The van der Waals surface area contributed by atoms with E-state index in [1.807, 2.05) is 5.32 Å². The molecule has 5 N–H and O–H groups in total. The number of methoxy groups -OCH3 is 1. The van der Waals surface area contributed by atoms with Gasteiger partial charge in [0.15, 0.2) is 0 Å². The van der Waals surface area contributed by atoms with Gasteiger partial charge in [-0.1, -0.05) is 0 Å². The van der Waals surface area contributed by atoms with Crippen molar-refractivity contribution in [2.24, 2.45) is 11.5 Å². The lowest BCUT2D eigenvalue weighted by Crippen LogP contribution is -2.47. The molecule has 0 rings (SSSR count). The molecule has 0 aliphatic heterocycles. The highest BCUT2D eigenvalue weighted by atomic mass is 16.5. The van der Waals surface area contributed by atoms with E-state index in [1.165, 1.54) is 7.11 Å². The van der Waals surface area contributed by atoms with Crippen LogP contribution in [0.5, 0.6) is 0 Å². The SMILES string of the molecule is COCC(N)C(=O)NC(N)=O. The second-order valence-electron chi connectivity index (χ2n) is 1.92. The van der Waals surface area contributed by atoms with Gasteiger partial charge in [-0.3, -0.25) is 10.1 Å². The van der Waals surface area contributed by atoms with Crippen molar-refractivity contribution in [2.75, 3.05) is 13.7 Å². The van der Waals surface area contributed by atoms with Gasteiger partial charge in [-0.2, -0.15) is 0 Å². The molecule has 0 aliphatic rings. The molecule has 1 atom stereocenters. The van der Waals surface area contributed by atoms with Gasteiger partial charge in [-0.05, 0) is 0 Å². The summed E-state index contributed by atoms with van der Waals surface area (Å²) in [6, 6.07) is -1.77. The summed E-state index contributed by atoms with van der Waals surface area (Å²) in [6.45, 7) is 0.0547. The summed E-state index contributed by atoms with van der Waals surface area (Å²) in [5.41, 5.74) is 9.89. The van der Waals surface area contributed by atoms with E-state index in [9.17, 15) is 9.59 Å². The fourth-order valence-electron chi connectivity index (χ4n) is 0.469. The summed E-state index contributed by atoms with van der Waals surface area (Å²) in [7, 11) is 1.40. The molecule has 64 valence electrons. The minimum absolute atomic E-state index is 0.0547. The third-order valence-corrected chi connectivity index (χ3v) is 0.929. The maximum Gasteiger partial charge on any atom is 0.318 e. The summed E-state index contributed by atoms with van der Waals surface area (Å²) in [4.78, 5) is 20.8. The molecule has 6 heteroatoms. The van der Waals surface area contributed by atoms with Gasteiger partial charge in [0.2, 0.25) is 5.91 Å². The third-order valence-electron chi connectivity index (χ3n) is 0.929. The number of amides is 3. The number of urea groups is 1. The van der Waals surface area contributed by atoms with Gasteiger partial charge >= 0.3 is 6.03 Å². The predicted octanol–water partition coefficient (Wildman–Crippen LogP) is -1.84. The van der Waals surface area contributed by atoms with E-state index in [0.717, 1.165) is 0 Å². The quantitative estimate of drug-likeness (QED) is 0.451. The first-order chi connectivity index (χ1) is 5.07. The molecule has 1 unspecified atom stereocenters. The Morgan fingerprint density at radius 3 is 2.55 bits per heavy atom. The first-order valence-corrected chi connectivity index (χ1v) is 2.92. The van der Waals surface area contributed by atoms with Crippen molar-refractivity contribution < 1.29 is 14.3 Å². The van der Waals surface area contributed by atoms with E-state index in [4.69, 9.17) is 5.73 Å². The van der Waals surface area contributed by atoms with Gasteiger partial charge in [0.05, 0.1) is 6.61 Å². The minimum Gasteiger partial charge on any atom is -0.383 e. The summed E-state index contributed by atoms with van der Waals surface area (Å²) < 4.78 is 4.57. The van der Waals surface area contributed by atoms with Crippen molar-refractivity contribution in [1.82, 2.24) is 5.32 Å². The lowest BCUT2D eigenvalue weighted by molar-refractivity contribution is -0.122. The van der Waals surface area contributed by atoms with Gasteiger partial charge in [-0.25, -0.2) is 4.79 Å². The number of hydrogen-bond acceptors (Lipinski definition) is 4. The van der Waals surface area contributed by atoms with Crippen LogP contribution in [-0.2, 0) is 9.53 Å². The summed E-state index contributed by atoms with van der Waals surface area (Å²) in [6.07, 6.45) is 0. The molecular weight excluding hydrogens is 150 g/mol. The Hall–Kier alpha value is -1.14. The second kappa shape index (κ2) is 4.64. The van der Waals surface area contributed by atoms with Gasteiger partial charge in [0.1, 0.15) is 6.04 Å². The van der Waals surface area contributed by atoms with Gasteiger partial charge in [0, 0.05) is 7.11 Å². The smallest absolute Gasteiger partial charge is 0.318 e. The van der Waals surface area contributed by atoms with Crippen molar-refractivity contribution in [1.29, 1.82) is 0 Å². The Balaban J connectivity index is 3.73. The molecule has 3 amide bonds. The topological polar surface area (TPSA) is 107 Å². The average molecular weight is 161 g/mol. The Kier molecular flexibility index (Phi) is 4.16. The molecule has 0 aromatic heterocycles. The first-order valence-electron chi connectivity index (χ1n) is 2.92. The van der Waals surface area contributed by atoms with Crippen molar-refractivity contribution in [3.63, 3.8) is 0 Å². The van der Waals surface area contributed by atoms with Crippen molar-refractivity contribution in [3.8, 4) is 0 Å². The zero-order valence-corrected chi connectivity index (χ0v) is 6.16. The minimum atomic E-state index is -0.915. The number of ether oxygens (including phenoxy) is 1. The number of carbonyl (C=O) groups excluding carboxylic acids is 2. The fourth-order valence-corrected chi connectivity index (χ4v) is 0.469. The van der Waals surface area contributed by atoms with Crippen LogP contribution >= 0.6 is 0 Å². The lowest BCUT2D eigenvalue weighted by atomic mass is 10.3. The zero-order valence-electron chi connectivity index (χ0n) is 6.16. The molecule has 0 saturated carbocycles. The Labute approximate surface area is 63.9 Å². The van der Waals surface area contributed by atoms with E-state index >= 15 is 0 Å². The molecule has 0 heterocycles. The lowest BCUT2D eigenvalue weighted by Gasteiger charge is -2.07. The van der Waals surface area contributed by atoms with E-state index < -0.39 is 18.0 Å². The maximum atomic E-state index is 10.7. The highest BCUT2D eigenvalue weighted by molar-refractivity contribution is 5.96. The number of imide groups is 1. The Morgan fingerprint density at radius 1 is 1.64 bits per heavy atom. The maximum absolute atomic E-state index is 10.7. The predicted molar refractivity (Wildman–Crippen MR) is 37.6 cm³/mol. The van der Waals surface area contributed by atoms with Gasteiger partial charge in [-0.15, -0.1) is 0 Å². The molecule has 11 heavy (non-hydrogen) atoms. The number of nitrogens with two attached hydrogens (primary N) is 2. The Bertz CT molecular complexity index is 159. The van der Waals surface area contributed by atoms with E-state index in [-0.39, 0.29) is 6.61 Å². The van der Waals surface area contributed by atoms with Gasteiger partial charge in [0.25, 0.3) is 0 Å². The van der Waals surface area contributed by atoms with E-state index in [0.29, 0.717) is 0 Å². The summed E-state index contributed by atoms with van der Waals surface area (Å²) in [5.74, 6) is -0.639. The summed E-state index contributed by atoms with van der Waals surface area (Å²) in [5, 5.41) is 1.82. The van der Waals surface area contributed by atoms with Crippen LogP contribution in [0.2, 0.25) is 0 Å². The first kappa shape index (κ1) is 9.86. The number of primary amides is 1. The van der Waals surface area contributed by atoms with Crippen LogP contribution in [0, 0.1) is 0 Å². The van der Waals surface area contributed by atoms with E-state index in [2.05, 4.69) is 10.5 Å². The molecule has 0 spiro atoms. The van der Waals surface area contributed by atoms with Gasteiger partial charge < -0.3 is 16.2 Å². The van der Waals surface area contributed by atoms with Crippen molar-refractivity contribution in [2.45, 2.75) is 6.04 Å². The van der Waals surface area contributed by atoms with Crippen LogP contribution in [-0.4, -0.2) is 31.7 Å². The molecule has 6 nitrogen and oxygen atoms in total. The van der Waals surface area contributed by atoms with Crippen molar-refractivity contribution >= 4 is 11.9 Å². The van der Waals surface area contributed by atoms with Crippen LogP contribution in [0.15, 0.2) is 0 Å². The standard InChI is InChI=1S/C5H11N3O3/c1-11-2-3(6)4(9)8-5(7)10/h3H,2,6H2,1H3,(H3,7,8,9,10). The van der Waals surface area contributed by atoms with E-state index in [1.54, 1.807) is 0 Å². The largest absolute Gasteiger partial charge is 0.383 e. The molecular formula is C5H11N3O3. The molecule has 0 aromatic carbocycles. The highest BCUT2D eigenvalue weighted by Gasteiger charge is 2.13. The molecule has 0 bridgehead atoms. The zero-order chi connectivity index (χ0) is 8.85. The normalized spacial score (nSPS) is 12.2. The number of rotatable bonds is 3. The van der Waals surface area contributed by atoms with Crippen LogP contribution in [0.4, 0.5) is 4.79 Å². The molecule has 0 fully saturated rings. The molecule has 0 aliphatic carbocycles. The Morgan fingerprint density at radius 2 is 2.18 bits per heavy atom. The molecule has 0 radical (unpaired) electrons. The monoisotopic (exact) mass is 161 g/mol. The van der Waals surface area contributed by atoms with Crippen LogP contribution in [0.25, 0.3) is 0 Å². The second-order valence-corrected chi connectivity index (χ2v) is 1.92. The number of hydrogen-bond donors (Lipinski definition) is 3. The average Bonchev–Trinajstić information content (AvgIpc) is 1.86. The van der Waals surface area contributed by atoms with Crippen LogP contribution in [0.1, 0.15) is 0 Å². The number of nitrogens with one attached hydrogen (secondary N) is 1.